The summed E-state index contributed by atoms with van der Waals surface area (Å²) in [7, 11) is 0. The van der Waals surface area contributed by atoms with E-state index in [0.717, 1.165) is 19.4 Å². The average molecular weight is 297 g/mol. The fourth-order valence-corrected chi connectivity index (χ4v) is 2.13. The van der Waals surface area contributed by atoms with Crippen LogP contribution in [0.5, 0.6) is 0 Å². The van der Waals surface area contributed by atoms with Gasteiger partial charge >= 0.3 is 6.09 Å². The first kappa shape index (κ1) is 11.1. The van der Waals surface area contributed by atoms with Crippen molar-refractivity contribution in [1.82, 2.24) is 5.32 Å². The molecule has 0 bridgehead atoms. The van der Waals surface area contributed by atoms with Gasteiger partial charge in [-0.15, -0.1) is 0 Å². The molecule has 1 saturated heterocycles. The zero-order valence-electron chi connectivity index (χ0n) is 7.88. The molecule has 1 aliphatic rings. The maximum Gasteiger partial charge on any atom is 0.407 e. The lowest BCUT2D eigenvalue weighted by molar-refractivity contribution is 0.0748. The lowest BCUT2D eigenvalue weighted by Gasteiger charge is -2.28. The van der Waals surface area contributed by atoms with Crippen molar-refractivity contribution in [2.45, 2.75) is 42.6 Å². The van der Waals surface area contributed by atoms with Gasteiger partial charge in [-0.05, 0) is 12.8 Å². The molecule has 1 amide bonds. The molecule has 4 heteroatoms. The number of ether oxygens (including phenoxy) is 1. The van der Waals surface area contributed by atoms with Gasteiger partial charge in [-0.2, -0.15) is 0 Å². The number of hydrogen-bond acceptors (Lipinski definition) is 2. The summed E-state index contributed by atoms with van der Waals surface area (Å²) in [4.78, 5) is 10.9. The van der Waals surface area contributed by atoms with Crippen molar-refractivity contribution in [3.05, 3.63) is 0 Å². The van der Waals surface area contributed by atoms with Crippen LogP contribution < -0.4 is 5.32 Å². The van der Waals surface area contributed by atoms with Crippen LogP contribution in [-0.4, -0.2) is 22.7 Å². The van der Waals surface area contributed by atoms with Crippen LogP contribution in [0.1, 0.15) is 32.6 Å². The van der Waals surface area contributed by atoms with Gasteiger partial charge in [0.15, 0.2) is 0 Å². The first-order valence-corrected chi connectivity index (χ1v) is 6.07. The predicted octanol–water partition coefficient (Wildman–Crippen LogP) is 2.48. The molecule has 0 aromatic rings. The molecule has 13 heavy (non-hydrogen) atoms. The summed E-state index contributed by atoms with van der Waals surface area (Å²) >= 11 is 2.34. The van der Waals surface area contributed by atoms with Gasteiger partial charge in [-0.3, -0.25) is 0 Å². The average Bonchev–Trinajstić information content (AvgIpc) is 2.11. The van der Waals surface area contributed by atoms with Crippen LogP contribution in [0.15, 0.2) is 0 Å². The van der Waals surface area contributed by atoms with Crippen molar-refractivity contribution in [2.24, 2.45) is 0 Å². The summed E-state index contributed by atoms with van der Waals surface area (Å²) in [6, 6.07) is 0. The monoisotopic (exact) mass is 297 g/mol. The van der Waals surface area contributed by atoms with Crippen molar-refractivity contribution < 1.29 is 9.53 Å². The van der Waals surface area contributed by atoms with Gasteiger partial charge in [0.25, 0.3) is 0 Å². The molecule has 0 aromatic heterocycles. The molecule has 1 rings (SSSR count). The molecule has 76 valence electrons. The Morgan fingerprint density at radius 2 is 2.38 bits per heavy atom. The second-order valence-electron chi connectivity index (χ2n) is 3.34. The Morgan fingerprint density at radius 1 is 1.62 bits per heavy atom. The van der Waals surface area contributed by atoms with Gasteiger partial charge in [0.05, 0.1) is 3.92 Å². The third kappa shape index (κ3) is 3.70. The Labute approximate surface area is 92.7 Å². The fraction of sp³-hybridized carbons (Fsp3) is 0.889. The van der Waals surface area contributed by atoms with Crippen LogP contribution in [0.2, 0.25) is 0 Å². The zero-order chi connectivity index (χ0) is 9.68. The Morgan fingerprint density at radius 3 is 3.08 bits per heavy atom. The lowest BCUT2D eigenvalue weighted by atomic mass is 10.1. The molecule has 0 spiro atoms. The molecule has 1 fully saturated rings. The Kier molecular flexibility index (Phi) is 4.83. The van der Waals surface area contributed by atoms with Crippen molar-refractivity contribution in [2.75, 3.05) is 6.54 Å². The largest absolute Gasteiger partial charge is 0.445 e. The Balaban J connectivity index is 2.25. The van der Waals surface area contributed by atoms with Crippen LogP contribution in [0.3, 0.4) is 0 Å². The number of halogens is 1. The lowest BCUT2D eigenvalue weighted by Crippen LogP contribution is -2.45. The molecule has 1 aliphatic heterocycles. The summed E-state index contributed by atoms with van der Waals surface area (Å²) in [6.07, 6.45) is 4.48. The van der Waals surface area contributed by atoms with E-state index in [0.29, 0.717) is 3.92 Å². The third-order valence-corrected chi connectivity index (χ3v) is 3.44. The van der Waals surface area contributed by atoms with E-state index in [1.54, 1.807) is 0 Å². The first-order chi connectivity index (χ1) is 6.24. The minimum atomic E-state index is -0.255. The minimum Gasteiger partial charge on any atom is -0.445 e. The van der Waals surface area contributed by atoms with E-state index >= 15 is 0 Å². The van der Waals surface area contributed by atoms with Crippen LogP contribution in [0.25, 0.3) is 0 Å². The molecule has 0 aromatic carbocycles. The maximum atomic E-state index is 10.9. The molecule has 1 heterocycles. The summed E-state index contributed by atoms with van der Waals surface area (Å²) in [5.41, 5.74) is 0. The molecular formula is C9H16INO2. The van der Waals surface area contributed by atoms with E-state index in [4.69, 9.17) is 4.74 Å². The van der Waals surface area contributed by atoms with Crippen molar-refractivity contribution in [3.8, 4) is 0 Å². The van der Waals surface area contributed by atoms with Crippen LogP contribution >= 0.6 is 22.6 Å². The smallest absolute Gasteiger partial charge is 0.407 e. The number of carbonyl (C=O) groups excluding carboxylic acids is 1. The van der Waals surface area contributed by atoms with Crippen LogP contribution in [0.4, 0.5) is 4.79 Å². The van der Waals surface area contributed by atoms with Gasteiger partial charge in [-0.25, -0.2) is 4.79 Å². The highest BCUT2D eigenvalue weighted by atomic mass is 127. The van der Waals surface area contributed by atoms with E-state index in [9.17, 15) is 4.79 Å². The van der Waals surface area contributed by atoms with Gasteiger partial charge in [0.2, 0.25) is 0 Å². The predicted molar refractivity (Wildman–Crippen MR) is 60.2 cm³/mol. The van der Waals surface area contributed by atoms with Gasteiger partial charge < -0.3 is 10.1 Å². The van der Waals surface area contributed by atoms with Crippen molar-refractivity contribution in [1.29, 1.82) is 0 Å². The molecular weight excluding hydrogens is 281 g/mol. The number of alkyl carbamates (subject to hydrolysis) is 1. The molecule has 0 radical (unpaired) electrons. The maximum absolute atomic E-state index is 10.9. The highest BCUT2D eigenvalue weighted by Gasteiger charge is 2.27. The number of rotatable bonds is 4. The highest BCUT2D eigenvalue weighted by Crippen LogP contribution is 2.19. The first-order valence-electron chi connectivity index (χ1n) is 4.82. The minimum absolute atomic E-state index is 0.126. The summed E-state index contributed by atoms with van der Waals surface area (Å²) in [5.74, 6) is 0. The van der Waals surface area contributed by atoms with Crippen LogP contribution in [0, 0.1) is 0 Å². The molecule has 0 saturated carbocycles. The third-order valence-electron chi connectivity index (χ3n) is 2.20. The SMILES string of the molecule is CCCCC[C@H]1OC(=O)NC[C@H]1I. The summed E-state index contributed by atoms with van der Waals surface area (Å²) < 4.78 is 5.61. The van der Waals surface area contributed by atoms with E-state index in [2.05, 4.69) is 34.8 Å². The van der Waals surface area contributed by atoms with Gasteiger partial charge in [0, 0.05) is 6.54 Å². The standard InChI is InChI=1S/C9H16INO2/c1-2-3-4-5-8-7(10)6-11-9(12)13-8/h7-8H,2-6H2,1H3,(H,11,12)/t7-,8-/m1/s1. The molecule has 2 atom stereocenters. The second kappa shape index (κ2) is 5.67. The Bertz CT molecular complexity index is 175. The molecule has 0 unspecified atom stereocenters. The van der Waals surface area contributed by atoms with E-state index < -0.39 is 0 Å². The normalized spacial score (nSPS) is 28.0. The number of unbranched alkanes of at least 4 members (excludes halogenated alkanes) is 2. The molecule has 1 N–H and O–H groups in total. The number of carbonyl (C=O) groups is 1. The number of nitrogens with one attached hydrogen (secondary N) is 1. The molecule has 3 nitrogen and oxygen atoms in total. The summed E-state index contributed by atoms with van der Waals surface area (Å²) in [5, 5.41) is 2.68. The quantitative estimate of drug-likeness (QED) is 0.492. The van der Waals surface area contributed by atoms with E-state index in [1.165, 1.54) is 12.8 Å². The Hall–Kier alpha value is 0. The van der Waals surface area contributed by atoms with Crippen molar-refractivity contribution in [3.63, 3.8) is 0 Å². The van der Waals surface area contributed by atoms with E-state index in [-0.39, 0.29) is 12.2 Å². The number of cyclic esters (lactones) is 1. The second-order valence-corrected chi connectivity index (χ2v) is 4.94. The molecule has 0 aliphatic carbocycles. The van der Waals surface area contributed by atoms with Crippen molar-refractivity contribution >= 4 is 28.7 Å². The summed E-state index contributed by atoms with van der Waals surface area (Å²) in [6.45, 7) is 2.92. The van der Waals surface area contributed by atoms with Gasteiger partial charge in [0.1, 0.15) is 6.10 Å². The number of amides is 1. The zero-order valence-corrected chi connectivity index (χ0v) is 10.0. The van der Waals surface area contributed by atoms with Gasteiger partial charge in [-0.1, -0.05) is 42.4 Å². The fourth-order valence-electron chi connectivity index (χ4n) is 1.40. The van der Waals surface area contributed by atoms with E-state index in [1.807, 2.05) is 0 Å². The number of alkyl halides is 1. The highest BCUT2D eigenvalue weighted by molar-refractivity contribution is 14.1. The van der Waals surface area contributed by atoms with Crippen LogP contribution in [-0.2, 0) is 4.74 Å². The number of hydrogen-bond donors (Lipinski definition) is 1. The topological polar surface area (TPSA) is 38.3 Å².